The zero-order valence-corrected chi connectivity index (χ0v) is 43.2. The summed E-state index contributed by atoms with van der Waals surface area (Å²) in [4.78, 5) is 37.3. The number of hydrogen-bond donors (Lipinski definition) is 2. The maximum Gasteiger partial charge on any atom is 0.472 e. The molecule has 372 valence electrons. The maximum atomic E-state index is 13.4. The van der Waals surface area contributed by atoms with Crippen molar-refractivity contribution < 1.29 is 37.3 Å². The number of rotatable bonds is 46. The van der Waals surface area contributed by atoms with E-state index in [1.54, 1.807) is 0 Å². The van der Waals surface area contributed by atoms with Crippen LogP contribution < -0.4 is 5.32 Å². The Morgan fingerprint density at radius 3 is 1.52 bits per heavy atom. The number of ether oxygens (including phenoxy) is 1. The van der Waals surface area contributed by atoms with Gasteiger partial charge in [-0.1, -0.05) is 191 Å². The molecule has 0 aromatic heterocycles. The van der Waals surface area contributed by atoms with Gasteiger partial charge in [-0.2, -0.15) is 0 Å². The lowest BCUT2D eigenvalue weighted by Crippen LogP contribution is -2.47. The fourth-order valence-corrected chi connectivity index (χ4v) is 7.88. The minimum atomic E-state index is -4.45. The van der Waals surface area contributed by atoms with Crippen LogP contribution in [0.4, 0.5) is 0 Å². The highest BCUT2D eigenvalue weighted by Gasteiger charge is 2.30. The minimum Gasteiger partial charge on any atom is -0.456 e. The fraction of sp³-hybridized carbons (Fsp3) is 0.778. The predicted molar refractivity (Wildman–Crippen MR) is 272 cm³/mol. The summed E-state index contributed by atoms with van der Waals surface area (Å²) < 4.78 is 30.4. The van der Waals surface area contributed by atoms with E-state index in [0.717, 1.165) is 77.0 Å². The summed E-state index contributed by atoms with van der Waals surface area (Å²) in [6, 6.07) is -0.880. The number of nitrogens with zero attached hydrogens (tertiary/aromatic N) is 1. The average Bonchev–Trinajstić information content (AvgIpc) is 3.25. The van der Waals surface area contributed by atoms with Gasteiger partial charge < -0.3 is 19.4 Å². The van der Waals surface area contributed by atoms with E-state index in [0.29, 0.717) is 17.4 Å². The fourth-order valence-electron chi connectivity index (χ4n) is 7.14. The van der Waals surface area contributed by atoms with Gasteiger partial charge in [-0.3, -0.25) is 18.6 Å². The topological polar surface area (TPSA) is 111 Å². The number of quaternary nitrogens is 1. The number of phosphoric ester groups is 1. The van der Waals surface area contributed by atoms with Crippen molar-refractivity contribution in [1.82, 2.24) is 5.32 Å². The molecule has 0 aliphatic carbocycles. The number of carbonyl (C=O) groups is 2. The lowest BCUT2D eigenvalue weighted by molar-refractivity contribution is -0.870. The van der Waals surface area contributed by atoms with Gasteiger partial charge in [0.05, 0.1) is 33.8 Å². The SMILES string of the molecule is CC/C=C/C/C=C/CCCCCCCCCC(=O)OC(/C=C/CCCCCCCCCCC)C(COP(=O)(O)OCC[N+](C)(C)C)NC(=O)CC/C=C/C/C=C\CCCCCCCC. The molecule has 0 saturated heterocycles. The molecule has 0 aliphatic heterocycles. The third-order valence-electron chi connectivity index (χ3n) is 11.2. The van der Waals surface area contributed by atoms with Crippen molar-refractivity contribution in [2.75, 3.05) is 40.9 Å². The number of amides is 1. The molecule has 10 heteroatoms. The van der Waals surface area contributed by atoms with Gasteiger partial charge in [-0.25, -0.2) is 4.57 Å². The maximum absolute atomic E-state index is 13.4. The Balaban J connectivity index is 5.50. The molecule has 64 heavy (non-hydrogen) atoms. The van der Waals surface area contributed by atoms with Crippen LogP contribution in [0.15, 0.2) is 60.8 Å². The molecular formula is C54H100N2O7P+. The molecule has 0 saturated carbocycles. The van der Waals surface area contributed by atoms with E-state index in [-0.39, 0.29) is 37.9 Å². The third-order valence-corrected chi connectivity index (χ3v) is 12.2. The Bertz CT molecular complexity index is 1290. The van der Waals surface area contributed by atoms with Gasteiger partial charge >= 0.3 is 13.8 Å². The number of allylic oxidation sites excluding steroid dienone is 9. The second-order valence-corrected chi connectivity index (χ2v) is 20.1. The quantitative estimate of drug-likeness (QED) is 0.0206. The Morgan fingerprint density at radius 2 is 1.02 bits per heavy atom. The molecule has 9 nitrogen and oxygen atoms in total. The standard InChI is InChI=1S/C54H99N2O7P/c1-7-10-13-16-19-22-25-27-29-32-35-38-41-44-47-54(58)63-52(45-42-39-36-33-30-24-21-18-15-12-9-3)51(50-62-64(59,60)61-49-48-56(4,5)6)55-53(57)46-43-40-37-34-31-28-26-23-20-17-14-11-8-2/h10,13,19,22,28,31,37,40,42,45,51-52H,7-9,11-12,14-18,20-21,23-27,29-30,32-36,38-39,41,43-44,46-50H2,1-6H3,(H-,55,57,59,60)/p+1/b13-10+,22-19+,31-28-,40-37+,45-42+. The summed E-state index contributed by atoms with van der Waals surface area (Å²) in [7, 11) is 1.45. The van der Waals surface area contributed by atoms with Gasteiger partial charge in [0.2, 0.25) is 5.91 Å². The van der Waals surface area contributed by atoms with Crippen molar-refractivity contribution in [3.63, 3.8) is 0 Å². The molecule has 2 N–H and O–H groups in total. The molecule has 0 aromatic rings. The van der Waals surface area contributed by atoms with Crippen molar-refractivity contribution in [1.29, 1.82) is 0 Å². The molecule has 3 unspecified atom stereocenters. The molecule has 0 aromatic carbocycles. The zero-order chi connectivity index (χ0) is 47.3. The summed E-state index contributed by atoms with van der Waals surface area (Å²) in [5.41, 5.74) is 0. The normalized spacial score (nSPS) is 14.4. The van der Waals surface area contributed by atoms with Crippen LogP contribution in [0.5, 0.6) is 0 Å². The van der Waals surface area contributed by atoms with Crippen molar-refractivity contribution in [3.05, 3.63) is 60.8 Å². The van der Waals surface area contributed by atoms with Gasteiger partial charge in [0, 0.05) is 12.8 Å². The van der Waals surface area contributed by atoms with Gasteiger partial charge in [0.15, 0.2) is 0 Å². The first-order valence-corrected chi connectivity index (χ1v) is 27.6. The van der Waals surface area contributed by atoms with Gasteiger partial charge in [0.25, 0.3) is 0 Å². The number of esters is 1. The zero-order valence-electron chi connectivity index (χ0n) is 42.3. The molecule has 0 aliphatic rings. The summed E-state index contributed by atoms with van der Waals surface area (Å²) >= 11 is 0. The smallest absolute Gasteiger partial charge is 0.456 e. The molecule has 0 rings (SSSR count). The van der Waals surface area contributed by atoms with Crippen molar-refractivity contribution in [2.24, 2.45) is 0 Å². The molecule has 0 radical (unpaired) electrons. The number of unbranched alkanes of at least 4 members (excludes halogenated alkanes) is 22. The van der Waals surface area contributed by atoms with E-state index in [1.807, 2.05) is 39.4 Å². The lowest BCUT2D eigenvalue weighted by atomic mass is 10.1. The van der Waals surface area contributed by atoms with Gasteiger partial charge in [-0.15, -0.1) is 0 Å². The second-order valence-electron chi connectivity index (χ2n) is 18.7. The van der Waals surface area contributed by atoms with Crippen LogP contribution in [0.3, 0.4) is 0 Å². The van der Waals surface area contributed by atoms with E-state index >= 15 is 0 Å². The van der Waals surface area contributed by atoms with Crippen molar-refractivity contribution in [2.45, 2.75) is 232 Å². The molecule has 3 atom stereocenters. The lowest BCUT2D eigenvalue weighted by Gasteiger charge is -2.27. The predicted octanol–water partition coefficient (Wildman–Crippen LogP) is 15.2. The Kier molecular flexibility index (Phi) is 42.9. The van der Waals surface area contributed by atoms with E-state index in [9.17, 15) is 19.0 Å². The average molecular weight is 920 g/mol. The second kappa shape index (κ2) is 44.5. The first-order valence-electron chi connectivity index (χ1n) is 26.1. The Morgan fingerprint density at radius 1 is 0.562 bits per heavy atom. The number of carbonyl (C=O) groups excluding carboxylic acids is 2. The third kappa shape index (κ3) is 44.9. The monoisotopic (exact) mass is 920 g/mol. The Hall–Kier alpha value is -2.29. The highest BCUT2D eigenvalue weighted by Crippen LogP contribution is 2.43. The minimum absolute atomic E-state index is 0.0282. The summed E-state index contributed by atoms with van der Waals surface area (Å²) in [5, 5.41) is 2.99. The number of hydrogen-bond acceptors (Lipinski definition) is 6. The molecular weight excluding hydrogens is 820 g/mol. The van der Waals surface area contributed by atoms with E-state index in [1.165, 1.54) is 103 Å². The van der Waals surface area contributed by atoms with Crippen LogP contribution in [0, 0.1) is 0 Å². The van der Waals surface area contributed by atoms with Crippen LogP contribution in [-0.2, 0) is 27.9 Å². The van der Waals surface area contributed by atoms with Crippen LogP contribution in [0.2, 0.25) is 0 Å². The number of nitrogens with one attached hydrogen (secondary N) is 1. The molecule has 0 heterocycles. The highest BCUT2D eigenvalue weighted by molar-refractivity contribution is 7.47. The van der Waals surface area contributed by atoms with Gasteiger partial charge in [-0.05, 0) is 76.7 Å². The van der Waals surface area contributed by atoms with E-state index in [4.69, 9.17) is 13.8 Å². The number of likely N-dealkylation sites (N-methyl/N-ethyl adjacent to an activating group) is 1. The molecule has 0 fully saturated rings. The summed E-state index contributed by atoms with van der Waals surface area (Å²) in [6.45, 7) is 6.82. The van der Waals surface area contributed by atoms with Crippen molar-refractivity contribution >= 4 is 19.7 Å². The number of phosphoric acid groups is 1. The summed E-state index contributed by atoms with van der Waals surface area (Å²) in [5.74, 6) is -0.597. The van der Waals surface area contributed by atoms with E-state index < -0.39 is 20.0 Å². The first-order chi connectivity index (χ1) is 30.9. The van der Waals surface area contributed by atoms with Crippen LogP contribution in [-0.4, -0.2) is 74.3 Å². The van der Waals surface area contributed by atoms with Gasteiger partial charge in [0.1, 0.15) is 19.3 Å². The van der Waals surface area contributed by atoms with E-state index in [2.05, 4.69) is 68.6 Å². The van der Waals surface area contributed by atoms with Crippen LogP contribution >= 0.6 is 7.82 Å². The summed E-state index contributed by atoms with van der Waals surface area (Å²) in [6.07, 6.45) is 53.8. The first kappa shape index (κ1) is 61.7. The largest absolute Gasteiger partial charge is 0.472 e. The molecule has 0 spiro atoms. The Labute approximate surface area is 394 Å². The molecule has 1 amide bonds. The van der Waals surface area contributed by atoms with Crippen LogP contribution in [0.25, 0.3) is 0 Å². The molecule has 0 bridgehead atoms. The van der Waals surface area contributed by atoms with Crippen molar-refractivity contribution in [3.8, 4) is 0 Å². The van der Waals surface area contributed by atoms with Crippen LogP contribution in [0.1, 0.15) is 220 Å². The highest BCUT2D eigenvalue weighted by atomic mass is 31.2.